The summed E-state index contributed by atoms with van der Waals surface area (Å²) in [6.07, 6.45) is 1.86. The van der Waals surface area contributed by atoms with Gasteiger partial charge in [-0.1, -0.05) is 12.1 Å². The minimum Gasteiger partial charge on any atom is -0.379 e. The van der Waals surface area contributed by atoms with Crippen molar-refractivity contribution in [3.05, 3.63) is 35.6 Å². The smallest absolute Gasteiger partial charge is 0.309 e. The molecule has 2 amide bonds. The van der Waals surface area contributed by atoms with Crippen LogP contribution in [0.4, 0.5) is 4.39 Å². The molecule has 0 bridgehead atoms. The van der Waals surface area contributed by atoms with E-state index in [-0.39, 0.29) is 11.2 Å². The summed E-state index contributed by atoms with van der Waals surface area (Å²) in [6.45, 7) is 4.66. The molecule has 1 aromatic carbocycles. The van der Waals surface area contributed by atoms with Crippen LogP contribution < -0.4 is 10.6 Å². The predicted molar refractivity (Wildman–Crippen MR) is 90.6 cm³/mol. The van der Waals surface area contributed by atoms with Gasteiger partial charge >= 0.3 is 11.8 Å². The van der Waals surface area contributed by atoms with Gasteiger partial charge in [0, 0.05) is 38.1 Å². The highest BCUT2D eigenvalue weighted by molar-refractivity contribution is 6.35. The van der Waals surface area contributed by atoms with Crippen molar-refractivity contribution < 1.29 is 18.7 Å². The molecule has 2 aliphatic rings. The predicted octanol–water partition coefficient (Wildman–Crippen LogP) is 0.422. The molecule has 136 valence electrons. The van der Waals surface area contributed by atoms with E-state index in [9.17, 15) is 14.0 Å². The largest absolute Gasteiger partial charge is 0.379 e. The van der Waals surface area contributed by atoms with Crippen molar-refractivity contribution in [1.29, 1.82) is 0 Å². The van der Waals surface area contributed by atoms with Gasteiger partial charge in [-0.25, -0.2) is 4.39 Å². The molecule has 1 saturated heterocycles. The molecular weight excluding hydrogens is 325 g/mol. The van der Waals surface area contributed by atoms with Gasteiger partial charge in [-0.2, -0.15) is 0 Å². The van der Waals surface area contributed by atoms with Crippen LogP contribution in [0.1, 0.15) is 18.4 Å². The number of hydrogen-bond donors (Lipinski definition) is 2. The van der Waals surface area contributed by atoms with Crippen molar-refractivity contribution in [3.8, 4) is 0 Å². The second kappa shape index (κ2) is 7.93. The molecule has 3 rings (SSSR count). The Balaban J connectivity index is 1.39. The van der Waals surface area contributed by atoms with Gasteiger partial charge in [-0.05, 0) is 30.5 Å². The summed E-state index contributed by atoms with van der Waals surface area (Å²) in [6, 6.07) is 6.35. The number of amides is 2. The summed E-state index contributed by atoms with van der Waals surface area (Å²) in [5.74, 6) is -1.50. The molecule has 2 fully saturated rings. The van der Waals surface area contributed by atoms with Crippen molar-refractivity contribution in [3.63, 3.8) is 0 Å². The Bertz CT molecular complexity index is 610. The molecule has 6 nitrogen and oxygen atoms in total. The van der Waals surface area contributed by atoms with E-state index in [2.05, 4.69) is 15.5 Å². The molecule has 0 aromatic heterocycles. The number of morpholine rings is 1. The molecule has 1 aromatic rings. The van der Waals surface area contributed by atoms with Crippen LogP contribution in [-0.4, -0.2) is 62.7 Å². The first-order valence-corrected chi connectivity index (χ1v) is 8.71. The van der Waals surface area contributed by atoms with Crippen LogP contribution >= 0.6 is 0 Å². The van der Waals surface area contributed by atoms with Crippen molar-refractivity contribution in [2.24, 2.45) is 0 Å². The van der Waals surface area contributed by atoms with E-state index in [4.69, 9.17) is 4.74 Å². The normalized spacial score (nSPS) is 19.2. The second-order valence-electron chi connectivity index (χ2n) is 6.68. The maximum absolute atomic E-state index is 13.0. The molecule has 7 heteroatoms. The number of ether oxygens (including phenoxy) is 1. The van der Waals surface area contributed by atoms with Crippen molar-refractivity contribution in [2.45, 2.75) is 18.3 Å². The first-order valence-electron chi connectivity index (χ1n) is 8.71. The van der Waals surface area contributed by atoms with Gasteiger partial charge in [-0.3, -0.25) is 14.5 Å². The number of halogens is 1. The fraction of sp³-hybridized carbons (Fsp3) is 0.556. The second-order valence-corrected chi connectivity index (χ2v) is 6.68. The van der Waals surface area contributed by atoms with Crippen molar-refractivity contribution in [2.75, 3.05) is 45.9 Å². The third-order valence-electron chi connectivity index (χ3n) is 4.92. The van der Waals surface area contributed by atoms with Gasteiger partial charge in [0.25, 0.3) is 0 Å². The molecule has 0 radical (unpaired) electrons. The summed E-state index contributed by atoms with van der Waals surface area (Å²) >= 11 is 0. The molecule has 0 spiro atoms. The Morgan fingerprint density at radius 2 is 1.72 bits per heavy atom. The fourth-order valence-electron chi connectivity index (χ4n) is 3.08. The Kier molecular flexibility index (Phi) is 5.65. The lowest BCUT2D eigenvalue weighted by Gasteiger charge is -2.26. The Hall–Kier alpha value is -1.99. The van der Waals surface area contributed by atoms with Crippen LogP contribution in [0.25, 0.3) is 0 Å². The molecule has 0 unspecified atom stereocenters. The standard InChI is InChI=1S/C18H24FN3O3/c19-15-3-1-14(2-4-15)18(5-6-18)13-21-17(24)16(23)20-7-8-22-9-11-25-12-10-22/h1-4H,5-13H2,(H,20,23)(H,21,24). The monoisotopic (exact) mass is 349 g/mol. The van der Waals surface area contributed by atoms with Crippen LogP contribution in [-0.2, 0) is 19.7 Å². The minimum atomic E-state index is -0.615. The SMILES string of the molecule is O=C(NCCN1CCOCC1)C(=O)NCC1(c2ccc(F)cc2)CC1. The number of hydrogen-bond acceptors (Lipinski definition) is 4. The van der Waals surface area contributed by atoms with E-state index >= 15 is 0 Å². The van der Waals surface area contributed by atoms with E-state index in [1.807, 2.05) is 0 Å². The van der Waals surface area contributed by atoms with Gasteiger partial charge in [-0.15, -0.1) is 0 Å². The minimum absolute atomic E-state index is 0.155. The first-order chi connectivity index (χ1) is 12.1. The molecule has 25 heavy (non-hydrogen) atoms. The summed E-state index contributed by atoms with van der Waals surface area (Å²) in [5, 5.41) is 5.36. The molecule has 1 aliphatic carbocycles. The average molecular weight is 349 g/mol. The van der Waals surface area contributed by atoms with Crippen LogP contribution in [0.5, 0.6) is 0 Å². The number of nitrogens with zero attached hydrogens (tertiary/aromatic N) is 1. The van der Waals surface area contributed by atoms with E-state index in [0.717, 1.165) is 31.5 Å². The lowest BCUT2D eigenvalue weighted by atomic mass is 9.96. The van der Waals surface area contributed by atoms with E-state index in [1.165, 1.54) is 12.1 Å². The maximum atomic E-state index is 13.0. The van der Waals surface area contributed by atoms with Crippen LogP contribution in [0, 0.1) is 5.82 Å². The maximum Gasteiger partial charge on any atom is 0.309 e. The molecule has 1 heterocycles. The Morgan fingerprint density at radius 3 is 2.36 bits per heavy atom. The lowest BCUT2D eigenvalue weighted by Crippen LogP contribution is -2.46. The van der Waals surface area contributed by atoms with Crippen LogP contribution in [0.15, 0.2) is 24.3 Å². The number of nitrogens with one attached hydrogen (secondary N) is 2. The number of benzene rings is 1. The number of carbonyl (C=O) groups excluding carboxylic acids is 2. The molecule has 2 N–H and O–H groups in total. The third-order valence-corrected chi connectivity index (χ3v) is 4.92. The van der Waals surface area contributed by atoms with Gasteiger partial charge in [0.1, 0.15) is 5.82 Å². The summed E-state index contributed by atoms with van der Waals surface area (Å²) < 4.78 is 18.3. The topological polar surface area (TPSA) is 70.7 Å². The zero-order valence-electron chi connectivity index (χ0n) is 14.2. The summed E-state index contributed by atoms with van der Waals surface area (Å²) in [4.78, 5) is 26.0. The van der Waals surface area contributed by atoms with E-state index < -0.39 is 11.8 Å². The van der Waals surface area contributed by atoms with Gasteiger partial charge < -0.3 is 15.4 Å². The quantitative estimate of drug-likeness (QED) is 0.731. The molecular formula is C18H24FN3O3. The Labute approximate surface area is 146 Å². The van der Waals surface area contributed by atoms with Gasteiger partial charge in [0.15, 0.2) is 0 Å². The van der Waals surface area contributed by atoms with Gasteiger partial charge in [0.2, 0.25) is 0 Å². The molecule has 1 saturated carbocycles. The first kappa shape index (κ1) is 17.8. The highest BCUT2D eigenvalue weighted by atomic mass is 19.1. The highest BCUT2D eigenvalue weighted by Crippen LogP contribution is 2.47. The van der Waals surface area contributed by atoms with Gasteiger partial charge in [0.05, 0.1) is 13.2 Å². The van der Waals surface area contributed by atoms with Crippen molar-refractivity contribution in [1.82, 2.24) is 15.5 Å². The fourth-order valence-corrected chi connectivity index (χ4v) is 3.08. The number of carbonyl (C=O) groups is 2. The summed E-state index contributed by atoms with van der Waals surface area (Å²) in [5.41, 5.74) is 0.846. The summed E-state index contributed by atoms with van der Waals surface area (Å²) in [7, 11) is 0. The molecule has 1 aliphatic heterocycles. The van der Waals surface area contributed by atoms with Crippen LogP contribution in [0.2, 0.25) is 0 Å². The average Bonchev–Trinajstić information content (AvgIpc) is 3.42. The number of rotatable bonds is 6. The third kappa shape index (κ3) is 4.76. The van der Waals surface area contributed by atoms with E-state index in [0.29, 0.717) is 32.8 Å². The highest BCUT2D eigenvalue weighted by Gasteiger charge is 2.44. The molecule has 0 atom stereocenters. The zero-order valence-corrected chi connectivity index (χ0v) is 14.2. The lowest BCUT2D eigenvalue weighted by molar-refractivity contribution is -0.139. The van der Waals surface area contributed by atoms with E-state index in [1.54, 1.807) is 12.1 Å². The zero-order chi connectivity index (χ0) is 17.7. The Morgan fingerprint density at radius 1 is 1.08 bits per heavy atom. The van der Waals surface area contributed by atoms with Crippen molar-refractivity contribution >= 4 is 11.8 Å². The van der Waals surface area contributed by atoms with Crippen LogP contribution in [0.3, 0.4) is 0 Å².